The van der Waals surface area contributed by atoms with Gasteiger partial charge < -0.3 is 10.4 Å². The number of nitrogens with one attached hydrogen (secondary N) is 1. The molecule has 2 N–H and O–H groups in total. The van der Waals surface area contributed by atoms with Crippen molar-refractivity contribution in [2.45, 2.75) is 6.10 Å². The van der Waals surface area contributed by atoms with Crippen LogP contribution in [0, 0.1) is 0 Å². The van der Waals surface area contributed by atoms with Gasteiger partial charge in [0.25, 0.3) is 0 Å². The summed E-state index contributed by atoms with van der Waals surface area (Å²) in [6.45, 7) is 0.444. The van der Waals surface area contributed by atoms with Gasteiger partial charge in [-0.3, -0.25) is 0 Å². The zero-order valence-electron chi connectivity index (χ0n) is 8.00. The summed E-state index contributed by atoms with van der Waals surface area (Å²) in [5.74, 6) is 0. The van der Waals surface area contributed by atoms with Gasteiger partial charge in [0.15, 0.2) is 0 Å². The molecular weight excluding hydrogens is 210 g/mol. The van der Waals surface area contributed by atoms with Crippen molar-refractivity contribution in [2.24, 2.45) is 0 Å². The Labute approximate surface area is 91.6 Å². The SMILES string of the molecule is OC(CNc1nncs1)c1ccccc1. The van der Waals surface area contributed by atoms with Crippen molar-refractivity contribution in [3.8, 4) is 0 Å². The number of nitrogens with zero attached hydrogens (tertiary/aromatic N) is 2. The smallest absolute Gasteiger partial charge is 0.205 e. The minimum atomic E-state index is -0.518. The maximum atomic E-state index is 9.81. The number of aromatic nitrogens is 2. The van der Waals surface area contributed by atoms with E-state index in [4.69, 9.17) is 0 Å². The summed E-state index contributed by atoms with van der Waals surface area (Å²) in [5.41, 5.74) is 2.55. The van der Waals surface area contributed by atoms with Crippen molar-refractivity contribution in [3.05, 3.63) is 41.4 Å². The van der Waals surface area contributed by atoms with Crippen molar-refractivity contribution in [3.63, 3.8) is 0 Å². The van der Waals surface area contributed by atoms with Crippen LogP contribution >= 0.6 is 11.3 Å². The first-order valence-corrected chi connectivity index (χ1v) is 5.47. The van der Waals surface area contributed by atoms with E-state index in [0.717, 1.165) is 10.7 Å². The first kappa shape index (κ1) is 10.1. The third-order valence-electron chi connectivity index (χ3n) is 1.99. The Morgan fingerprint density at radius 1 is 1.33 bits per heavy atom. The maximum Gasteiger partial charge on any atom is 0.205 e. The van der Waals surface area contributed by atoms with Crippen LogP contribution in [0.25, 0.3) is 0 Å². The Bertz CT molecular complexity index is 390. The summed E-state index contributed by atoms with van der Waals surface area (Å²) < 4.78 is 0. The zero-order valence-corrected chi connectivity index (χ0v) is 8.81. The number of anilines is 1. The van der Waals surface area contributed by atoms with Crippen molar-refractivity contribution < 1.29 is 5.11 Å². The first-order valence-electron chi connectivity index (χ1n) is 4.59. The lowest BCUT2D eigenvalue weighted by molar-refractivity contribution is 0.191. The van der Waals surface area contributed by atoms with Gasteiger partial charge in [-0.25, -0.2) is 0 Å². The van der Waals surface area contributed by atoms with Gasteiger partial charge in [-0.15, -0.1) is 10.2 Å². The molecule has 1 unspecified atom stereocenters. The number of aliphatic hydroxyl groups excluding tert-OH is 1. The molecular formula is C10H11N3OS. The van der Waals surface area contributed by atoms with Crippen molar-refractivity contribution >= 4 is 16.5 Å². The van der Waals surface area contributed by atoms with Crippen molar-refractivity contribution in [2.75, 3.05) is 11.9 Å². The number of rotatable bonds is 4. The van der Waals surface area contributed by atoms with Crippen LogP contribution in [0.4, 0.5) is 5.13 Å². The molecule has 0 saturated heterocycles. The summed E-state index contributed by atoms with van der Waals surface area (Å²) in [6, 6.07) is 9.53. The van der Waals surface area contributed by atoms with Gasteiger partial charge in [-0.2, -0.15) is 0 Å². The third kappa shape index (κ3) is 2.74. The Balaban J connectivity index is 1.90. The Kier molecular flexibility index (Phi) is 3.26. The van der Waals surface area contributed by atoms with Crippen LogP contribution in [0.1, 0.15) is 11.7 Å². The number of hydrogen-bond donors (Lipinski definition) is 2. The molecule has 0 saturated carbocycles. The minimum absolute atomic E-state index is 0.444. The molecule has 4 nitrogen and oxygen atoms in total. The van der Waals surface area contributed by atoms with Crippen LogP contribution in [-0.2, 0) is 0 Å². The van der Waals surface area contributed by atoms with Crippen LogP contribution in [0.2, 0.25) is 0 Å². The van der Waals surface area contributed by atoms with Crippen LogP contribution in [0.5, 0.6) is 0 Å². The fraction of sp³-hybridized carbons (Fsp3) is 0.200. The lowest BCUT2D eigenvalue weighted by Gasteiger charge is -2.10. The van der Waals surface area contributed by atoms with E-state index >= 15 is 0 Å². The molecule has 1 heterocycles. The molecule has 0 radical (unpaired) electrons. The molecule has 0 bridgehead atoms. The molecule has 0 aliphatic carbocycles. The Hall–Kier alpha value is -1.46. The molecule has 2 rings (SSSR count). The summed E-state index contributed by atoms with van der Waals surface area (Å²) in [7, 11) is 0. The van der Waals surface area contributed by atoms with E-state index in [-0.39, 0.29) is 0 Å². The number of benzene rings is 1. The van der Waals surface area contributed by atoms with Gasteiger partial charge in [0.1, 0.15) is 5.51 Å². The van der Waals surface area contributed by atoms with Crippen molar-refractivity contribution in [1.29, 1.82) is 0 Å². The average molecular weight is 221 g/mol. The van der Waals surface area contributed by atoms with Crippen LogP contribution in [0.3, 0.4) is 0 Å². The van der Waals surface area contributed by atoms with E-state index < -0.39 is 6.10 Å². The van der Waals surface area contributed by atoms with E-state index in [9.17, 15) is 5.11 Å². The molecule has 1 aromatic carbocycles. The van der Waals surface area contributed by atoms with Gasteiger partial charge >= 0.3 is 0 Å². The first-order chi connectivity index (χ1) is 7.36. The summed E-state index contributed by atoms with van der Waals surface area (Å²) in [6.07, 6.45) is -0.518. The highest BCUT2D eigenvalue weighted by atomic mass is 32.1. The normalized spacial score (nSPS) is 12.3. The zero-order chi connectivity index (χ0) is 10.5. The van der Waals surface area contributed by atoms with Gasteiger partial charge in [0.05, 0.1) is 6.10 Å². The molecule has 0 spiro atoms. The quantitative estimate of drug-likeness (QED) is 0.824. The molecule has 0 fully saturated rings. The molecule has 1 atom stereocenters. The molecule has 0 aliphatic rings. The van der Waals surface area contributed by atoms with Crippen LogP contribution < -0.4 is 5.32 Å². The standard InChI is InChI=1S/C10H11N3OS/c14-9(8-4-2-1-3-5-8)6-11-10-13-12-7-15-10/h1-5,7,9,14H,6H2,(H,11,13). The van der Waals surface area contributed by atoms with Gasteiger partial charge in [0, 0.05) is 6.54 Å². The van der Waals surface area contributed by atoms with E-state index in [1.54, 1.807) is 5.51 Å². The number of aliphatic hydroxyl groups is 1. The number of hydrogen-bond acceptors (Lipinski definition) is 5. The fourth-order valence-corrected chi connectivity index (χ4v) is 1.68. The fourth-order valence-electron chi connectivity index (χ4n) is 1.23. The predicted molar refractivity (Wildman–Crippen MR) is 59.8 cm³/mol. The largest absolute Gasteiger partial charge is 0.387 e. The molecule has 1 aromatic heterocycles. The predicted octanol–water partition coefficient (Wildman–Crippen LogP) is 1.68. The molecule has 5 heteroatoms. The second kappa shape index (κ2) is 4.86. The molecule has 15 heavy (non-hydrogen) atoms. The summed E-state index contributed by atoms with van der Waals surface area (Å²) in [4.78, 5) is 0. The molecule has 0 aliphatic heterocycles. The Morgan fingerprint density at radius 3 is 2.80 bits per heavy atom. The van der Waals surface area contributed by atoms with E-state index in [1.165, 1.54) is 11.3 Å². The lowest BCUT2D eigenvalue weighted by atomic mass is 10.1. The summed E-state index contributed by atoms with van der Waals surface area (Å²) >= 11 is 1.42. The third-order valence-corrected chi connectivity index (χ3v) is 2.64. The molecule has 78 valence electrons. The second-order valence-electron chi connectivity index (χ2n) is 3.05. The monoisotopic (exact) mass is 221 g/mol. The van der Waals surface area contributed by atoms with Gasteiger partial charge in [0.2, 0.25) is 5.13 Å². The summed E-state index contributed by atoms with van der Waals surface area (Å²) in [5, 5.41) is 21.1. The van der Waals surface area contributed by atoms with E-state index in [1.807, 2.05) is 30.3 Å². The van der Waals surface area contributed by atoms with Gasteiger partial charge in [-0.05, 0) is 5.56 Å². The minimum Gasteiger partial charge on any atom is -0.387 e. The molecule has 0 amide bonds. The van der Waals surface area contributed by atoms with E-state index in [0.29, 0.717) is 6.54 Å². The van der Waals surface area contributed by atoms with Crippen LogP contribution in [-0.4, -0.2) is 21.8 Å². The highest BCUT2D eigenvalue weighted by Crippen LogP contribution is 2.14. The Morgan fingerprint density at radius 2 is 2.13 bits per heavy atom. The maximum absolute atomic E-state index is 9.81. The topological polar surface area (TPSA) is 58.0 Å². The molecule has 2 aromatic rings. The van der Waals surface area contributed by atoms with Crippen molar-refractivity contribution in [1.82, 2.24) is 10.2 Å². The second-order valence-corrected chi connectivity index (χ2v) is 3.88. The highest BCUT2D eigenvalue weighted by molar-refractivity contribution is 7.13. The average Bonchev–Trinajstić information content (AvgIpc) is 2.80. The van der Waals surface area contributed by atoms with Crippen LogP contribution in [0.15, 0.2) is 35.8 Å². The van der Waals surface area contributed by atoms with Gasteiger partial charge in [-0.1, -0.05) is 41.7 Å². The highest BCUT2D eigenvalue weighted by Gasteiger charge is 2.06. The van der Waals surface area contributed by atoms with E-state index in [2.05, 4.69) is 15.5 Å². The lowest BCUT2D eigenvalue weighted by Crippen LogP contribution is -2.11.